The van der Waals surface area contributed by atoms with Gasteiger partial charge < -0.3 is 18.9 Å². The van der Waals surface area contributed by atoms with E-state index in [1.807, 2.05) is 6.07 Å². The van der Waals surface area contributed by atoms with Gasteiger partial charge in [-0.1, -0.05) is 30.7 Å². The molecule has 0 aliphatic carbocycles. The largest absolute Gasteiger partial charge is 0.493 e. The molecule has 4 rings (SSSR count). The monoisotopic (exact) mass is 710 g/mol. The van der Waals surface area contributed by atoms with Gasteiger partial charge in [0.2, 0.25) is 0 Å². The molecule has 1 heterocycles. The highest BCUT2D eigenvalue weighted by Crippen LogP contribution is 2.41. The summed E-state index contributed by atoms with van der Waals surface area (Å²) in [4.78, 5) is 49.1. The van der Waals surface area contributed by atoms with Gasteiger partial charge in [0.25, 0.3) is 11.1 Å². The lowest BCUT2D eigenvalue weighted by atomic mass is 9.98. The Kier molecular flexibility index (Phi) is 13.7. The number of imide groups is 1. The summed E-state index contributed by atoms with van der Waals surface area (Å²) in [6.07, 6.45) is 1.32. The average molecular weight is 711 g/mol. The van der Waals surface area contributed by atoms with Crippen molar-refractivity contribution in [1.29, 1.82) is 5.26 Å². The zero-order valence-corrected chi connectivity index (χ0v) is 27.8. The Labute approximate surface area is 290 Å². The highest BCUT2D eigenvalue weighted by atomic mass is 32.2. The van der Waals surface area contributed by atoms with Crippen LogP contribution < -0.4 is 9.47 Å². The Bertz CT molecular complexity index is 1790. The van der Waals surface area contributed by atoms with Gasteiger partial charge in [-0.25, -0.2) is 0 Å². The van der Waals surface area contributed by atoms with Crippen LogP contribution in [-0.2, 0) is 26.9 Å². The maximum atomic E-state index is 13.6. The molecule has 14 heteroatoms. The summed E-state index contributed by atoms with van der Waals surface area (Å²) in [6.45, 7) is 1.28. The Morgan fingerprint density at radius 1 is 0.880 bits per heavy atom. The number of nitrogens with zero attached hydrogens (tertiary/aromatic N) is 2. The lowest BCUT2D eigenvalue weighted by molar-refractivity contribution is -0.138. The van der Waals surface area contributed by atoms with Crippen molar-refractivity contribution < 1.29 is 51.3 Å². The molecule has 50 heavy (non-hydrogen) atoms. The number of aldehydes is 2. The van der Waals surface area contributed by atoms with E-state index in [9.17, 15) is 32.3 Å². The van der Waals surface area contributed by atoms with Gasteiger partial charge in [0, 0.05) is 17.7 Å². The van der Waals surface area contributed by atoms with Crippen LogP contribution in [0.1, 0.15) is 62.2 Å². The summed E-state index contributed by atoms with van der Waals surface area (Å²) in [7, 11) is 1.31. The summed E-state index contributed by atoms with van der Waals surface area (Å²) in [5.41, 5.74) is 0.838. The first-order valence-corrected chi connectivity index (χ1v) is 16.3. The standard InChI is InChI=1S/C36H33F3N2O8S/c1-46-32-19-24(9-12-31(32)49-30-11-10-25(21-40)18-29(30)36(37,38)39)20-33-34(44)41(35(45)50-33)13-15-48-17-16-47-14-4-2-3-6-26-7-5-8-27(22-42)28(26)23-43/h5,7-12,18-20,22-23H,2-4,6,13-17H2,1H3/b33-20-. The lowest BCUT2D eigenvalue weighted by Crippen LogP contribution is -2.31. The van der Waals surface area contributed by atoms with Gasteiger partial charge >= 0.3 is 6.18 Å². The lowest BCUT2D eigenvalue weighted by Gasteiger charge is -2.16. The zero-order chi connectivity index (χ0) is 36.1. The van der Waals surface area contributed by atoms with Gasteiger partial charge in [-0.05, 0) is 78.6 Å². The number of carbonyl (C=O) groups is 4. The van der Waals surface area contributed by atoms with Gasteiger partial charge in [-0.3, -0.25) is 24.1 Å². The van der Waals surface area contributed by atoms with E-state index in [1.54, 1.807) is 18.2 Å². The third kappa shape index (κ3) is 10.0. The van der Waals surface area contributed by atoms with Crippen molar-refractivity contribution >= 4 is 41.6 Å². The van der Waals surface area contributed by atoms with E-state index in [2.05, 4.69) is 0 Å². The number of alkyl halides is 3. The van der Waals surface area contributed by atoms with E-state index in [4.69, 9.17) is 24.2 Å². The van der Waals surface area contributed by atoms with Gasteiger partial charge in [0.05, 0.1) is 55.6 Å². The molecule has 0 unspecified atom stereocenters. The first-order chi connectivity index (χ1) is 24.1. The van der Waals surface area contributed by atoms with Crippen molar-refractivity contribution in [3.63, 3.8) is 0 Å². The molecule has 0 radical (unpaired) electrons. The highest BCUT2D eigenvalue weighted by Gasteiger charge is 2.36. The molecule has 10 nitrogen and oxygen atoms in total. The molecule has 262 valence electrons. The van der Waals surface area contributed by atoms with Crippen LogP contribution in [0.5, 0.6) is 17.2 Å². The molecule has 3 aromatic carbocycles. The maximum Gasteiger partial charge on any atom is 0.420 e. The van der Waals surface area contributed by atoms with Crippen LogP contribution >= 0.6 is 11.8 Å². The number of aryl methyl sites for hydroxylation is 1. The van der Waals surface area contributed by atoms with E-state index in [0.29, 0.717) is 55.0 Å². The molecular formula is C36H33F3N2O8S. The minimum absolute atomic E-state index is 0.0265. The third-order valence-corrected chi connectivity index (χ3v) is 8.44. The zero-order valence-electron chi connectivity index (χ0n) is 27.0. The van der Waals surface area contributed by atoms with Gasteiger partial charge in [0.15, 0.2) is 24.1 Å². The van der Waals surface area contributed by atoms with Gasteiger partial charge in [-0.2, -0.15) is 18.4 Å². The summed E-state index contributed by atoms with van der Waals surface area (Å²) in [5, 5.41) is 8.52. The number of rotatable bonds is 18. The number of methoxy groups -OCH3 is 1. The number of nitriles is 1. The SMILES string of the molecule is COc1cc(/C=C2\SC(=O)N(CCOCCOCCCCCc3cccc(C=O)c3C=O)C2=O)ccc1Oc1ccc(C#N)cc1C(F)(F)F. The topological polar surface area (TPSA) is 132 Å². The molecule has 0 atom stereocenters. The molecule has 0 saturated carbocycles. The van der Waals surface area contributed by atoms with Gasteiger partial charge in [0.1, 0.15) is 5.75 Å². The second-order valence-corrected chi connectivity index (χ2v) is 11.9. The Balaban J connectivity index is 1.20. The number of unbranched alkanes of at least 4 members (excludes halogenated alkanes) is 2. The third-order valence-electron chi connectivity index (χ3n) is 7.53. The first-order valence-electron chi connectivity index (χ1n) is 15.5. The molecule has 0 spiro atoms. The minimum atomic E-state index is -4.77. The Hall–Kier alpha value is -4.97. The van der Waals surface area contributed by atoms with Crippen LogP contribution in [0, 0.1) is 11.3 Å². The second-order valence-electron chi connectivity index (χ2n) is 10.9. The molecule has 3 aromatic rings. The van der Waals surface area contributed by atoms with Crippen LogP contribution in [0.4, 0.5) is 18.0 Å². The van der Waals surface area contributed by atoms with Crippen molar-refractivity contribution in [1.82, 2.24) is 4.90 Å². The van der Waals surface area contributed by atoms with Crippen molar-refractivity contribution in [3.8, 4) is 23.3 Å². The van der Waals surface area contributed by atoms with E-state index < -0.39 is 28.6 Å². The van der Waals surface area contributed by atoms with Gasteiger partial charge in [-0.15, -0.1) is 0 Å². The van der Waals surface area contributed by atoms with E-state index in [-0.39, 0.29) is 41.7 Å². The first kappa shape index (κ1) is 37.8. The molecule has 1 aliphatic heterocycles. The van der Waals surface area contributed by atoms with E-state index in [1.165, 1.54) is 37.5 Å². The fourth-order valence-corrected chi connectivity index (χ4v) is 5.87. The number of ether oxygens (including phenoxy) is 4. The number of hydrogen-bond donors (Lipinski definition) is 0. The quantitative estimate of drug-likeness (QED) is 0.0743. The molecule has 0 N–H and O–H groups in total. The highest BCUT2D eigenvalue weighted by molar-refractivity contribution is 8.18. The number of amides is 2. The van der Waals surface area contributed by atoms with Crippen LogP contribution in [0.25, 0.3) is 6.08 Å². The van der Waals surface area contributed by atoms with Crippen LogP contribution in [-0.4, -0.2) is 68.7 Å². The van der Waals surface area contributed by atoms with Crippen molar-refractivity contribution in [2.24, 2.45) is 0 Å². The molecule has 1 aliphatic rings. The number of halogens is 3. The molecule has 0 bridgehead atoms. The molecule has 1 saturated heterocycles. The molecule has 2 amide bonds. The summed E-state index contributed by atoms with van der Waals surface area (Å²) in [6, 6.07) is 14.2. The van der Waals surface area contributed by atoms with Crippen LogP contribution in [0.2, 0.25) is 0 Å². The molecule has 0 aromatic heterocycles. The average Bonchev–Trinajstić information content (AvgIpc) is 3.37. The summed E-state index contributed by atoms with van der Waals surface area (Å²) >= 11 is 0.751. The summed E-state index contributed by atoms with van der Waals surface area (Å²) in [5.74, 6) is -0.967. The summed E-state index contributed by atoms with van der Waals surface area (Å²) < 4.78 is 62.7. The Morgan fingerprint density at radius 2 is 1.64 bits per heavy atom. The van der Waals surface area contributed by atoms with Crippen LogP contribution in [0.3, 0.4) is 0 Å². The van der Waals surface area contributed by atoms with Crippen LogP contribution in [0.15, 0.2) is 59.5 Å². The minimum Gasteiger partial charge on any atom is -0.493 e. The van der Waals surface area contributed by atoms with E-state index >= 15 is 0 Å². The number of thioether (sulfide) groups is 1. The smallest absolute Gasteiger partial charge is 0.420 e. The van der Waals surface area contributed by atoms with Crippen molar-refractivity contribution in [3.05, 3.63) is 92.9 Å². The normalized spacial score (nSPS) is 13.8. The second kappa shape index (κ2) is 18.1. The number of benzene rings is 3. The molecule has 1 fully saturated rings. The van der Waals surface area contributed by atoms with Crippen molar-refractivity contribution in [2.75, 3.05) is 40.1 Å². The fourth-order valence-electron chi connectivity index (χ4n) is 5.00. The maximum absolute atomic E-state index is 13.6. The predicted molar refractivity (Wildman–Crippen MR) is 178 cm³/mol. The van der Waals surface area contributed by atoms with E-state index in [0.717, 1.165) is 47.6 Å². The molecular weight excluding hydrogens is 677 g/mol. The fraction of sp³-hybridized carbons (Fsp3) is 0.306. The Morgan fingerprint density at radius 3 is 2.34 bits per heavy atom. The number of hydrogen-bond acceptors (Lipinski definition) is 10. The number of carbonyl (C=O) groups excluding carboxylic acids is 4. The predicted octanol–water partition coefficient (Wildman–Crippen LogP) is 7.49. The van der Waals surface area contributed by atoms with Crippen molar-refractivity contribution in [2.45, 2.75) is 31.9 Å².